The van der Waals surface area contributed by atoms with Crippen molar-refractivity contribution in [2.24, 2.45) is 0 Å². The van der Waals surface area contributed by atoms with E-state index in [0.29, 0.717) is 11.7 Å². The number of anilines is 1. The molecule has 0 atom stereocenters. The molecular formula is C14H23N3O2S. The van der Waals surface area contributed by atoms with Crippen LogP contribution in [-0.4, -0.2) is 55.7 Å². The van der Waals surface area contributed by atoms with E-state index in [9.17, 15) is 4.79 Å². The molecule has 1 aliphatic heterocycles. The number of aromatic nitrogens is 1. The van der Waals surface area contributed by atoms with Crippen LogP contribution in [0.1, 0.15) is 35.1 Å². The number of rotatable bonds is 4. The van der Waals surface area contributed by atoms with Crippen LogP contribution in [0.4, 0.5) is 5.13 Å². The number of esters is 1. The Morgan fingerprint density at radius 2 is 2.15 bits per heavy atom. The van der Waals surface area contributed by atoms with Gasteiger partial charge in [-0.3, -0.25) is 0 Å². The Morgan fingerprint density at radius 3 is 2.70 bits per heavy atom. The van der Waals surface area contributed by atoms with Crippen molar-refractivity contribution in [1.82, 2.24) is 9.88 Å². The van der Waals surface area contributed by atoms with Gasteiger partial charge < -0.3 is 14.5 Å². The maximum absolute atomic E-state index is 11.6. The number of piperidine rings is 1. The van der Waals surface area contributed by atoms with Gasteiger partial charge in [-0.25, -0.2) is 9.78 Å². The molecule has 112 valence electrons. The molecule has 0 saturated carbocycles. The zero-order chi connectivity index (χ0) is 14.7. The summed E-state index contributed by atoms with van der Waals surface area (Å²) >= 11 is 1.57. The number of nitrogens with zero attached hydrogens (tertiary/aromatic N) is 3. The van der Waals surface area contributed by atoms with E-state index in [2.05, 4.69) is 28.8 Å². The summed E-state index contributed by atoms with van der Waals surface area (Å²) in [6.45, 7) is 7.52. The number of methoxy groups -OCH3 is 1. The highest BCUT2D eigenvalue weighted by molar-refractivity contribution is 7.15. The number of carbonyl (C=O) groups excluding carboxylic acids is 1. The van der Waals surface area contributed by atoms with E-state index < -0.39 is 0 Å². The molecule has 1 fully saturated rings. The summed E-state index contributed by atoms with van der Waals surface area (Å²) in [5.41, 5.74) is 0.449. The fourth-order valence-electron chi connectivity index (χ4n) is 2.60. The quantitative estimate of drug-likeness (QED) is 0.797. The van der Waals surface area contributed by atoms with Gasteiger partial charge in [-0.1, -0.05) is 6.92 Å². The van der Waals surface area contributed by atoms with Crippen molar-refractivity contribution in [2.75, 3.05) is 38.7 Å². The Hall–Kier alpha value is -1.14. The molecule has 2 heterocycles. The SMILES string of the molecule is CCN1CCC(N(C)c2nc(C(=O)OC)c(C)s2)CC1. The van der Waals surface area contributed by atoms with Gasteiger partial charge in [-0.2, -0.15) is 0 Å². The third-order valence-corrected chi connectivity index (χ3v) is 5.08. The Kier molecular flexibility index (Phi) is 4.99. The van der Waals surface area contributed by atoms with Gasteiger partial charge in [0.15, 0.2) is 10.8 Å². The zero-order valence-corrected chi connectivity index (χ0v) is 13.5. The van der Waals surface area contributed by atoms with E-state index in [1.807, 2.05) is 6.92 Å². The Bertz CT molecular complexity index is 467. The number of carbonyl (C=O) groups is 1. The first-order chi connectivity index (χ1) is 9.56. The highest BCUT2D eigenvalue weighted by Gasteiger charge is 2.25. The number of hydrogen-bond donors (Lipinski definition) is 0. The van der Waals surface area contributed by atoms with Crippen molar-refractivity contribution in [1.29, 1.82) is 0 Å². The lowest BCUT2D eigenvalue weighted by Crippen LogP contribution is -2.43. The molecule has 2 rings (SSSR count). The minimum absolute atomic E-state index is 0.348. The summed E-state index contributed by atoms with van der Waals surface area (Å²) in [5, 5.41) is 0.915. The maximum atomic E-state index is 11.6. The Balaban J connectivity index is 2.06. The standard InChI is InChI=1S/C14H23N3O2S/c1-5-17-8-6-11(7-9-17)16(3)14-15-12(10(2)20-14)13(18)19-4/h11H,5-9H2,1-4H3. The second-order valence-corrected chi connectivity index (χ2v) is 6.35. The molecule has 0 N–H and O–H groups in total. The van der Waals surface area contributed by atoms with Gasteiger partial charge in [-0.15, -0.1) is 11.3 Å². The molecule has 0 spiro atoms. The molecule has 1 aromatic heterocycles. The summed E-state index contributed by atoms with van der Waals surface area (Å²) in [6, 6.07) is 0.508. The van der Waals surface area contributed by atoms with Crippen molar-refractivity contribution in [3.8, 4) is 0 Å². The average Bonchev–Trinajstić information content (AvgIpc) is 2.87. The van der Waals surface area contributed by atoms with Gasteiger partial charge in [0.05, 0.1) is 7.11 Å². The molecule has 6 heteroatoms. The maximum Gasteiger partial charge on any atom is 0.357 e. The number of ether oxygens (including phenoxy) is 1. The second kappa shape index (κ2) is 6.54. The largest absolute Gasteiger partial charge is 0.464 e. The predicted octanol–water partition coefficient (Wildman–Crippen LogP) is 2.16. The summed E-state index contributed by atoms with van der Waals surface area (Å²) in [6.07, 6.45) is 2.30. The summed E-state index contributed by atoms with van der Waals surface area (Å²) in [7, 11) is 3.47. The van der Waals surface area contributed by atoms with Gasteiger partial charge in [0, 0.05) is 31.1 Å². The minimum Gasteiger partial charge on any atom is -0.464 e. The fourth-order valence-corrected chi connectivity index (χ4v) is 3.53. The van der Waals surface area contributed by atoms with Crippen LogP contribution in [-0.2, 0) is 4.74 Å². The molecule has 1 aliphatic rings. The molecule has 0 unspecified atom stereocenters. The van der Waals surface area contributed by atoms with E-state index in [0.717, 1.165) is 42.5 Å². The molecule has 1 aromatic rings. The number of hydrogen-bond acceptors (Lipinski definition) is 6. The number of thiazole rings is 1. The van der Waals surface area contributed by atoms with Gasteiger partial charge in [0.2, 0.25) is 0 Å². The van der Waals surface area contributed by atoms with Crippen LogP contribution in [0.3, 0.4) is 0 Å². The highest BCUT2D eigenvalue weighted by atomic mass is 32.1. The Labute approximate surface area is 124 Å². The lowest BCUT2D eigenvalue weighted by molar-refractivity contribution is 0.0594. The second-order valence-electron chi connectivity index (χ2n) is 5.17. The first kappa shape index (κ1) is 15.3. The first-order valence-electron chi connectivity index (χ1n) is 7.07. The number of aryl methyl sites for hydroxylation is 1. The fraction of sp³-hybridized carbons (Fsp3) is 0.714. The molecule has 1 saturated heterocycles. The van der Waals surface area contributed by atoms with Crippen LogP contribution in [0.25, 0.3) is 0 Å². The zero-order valence-electron chi connectivity index (χ0n) is 12.7. The smallest absolute Gasteiger partial charge is 0.357 e. The molecule has 0 radical (unpaired) electrons. The predicted molar refractivity (Wildman–Crippen MR) is 81.7 cm³/mol. The van der Waals surface area contributed by atoms with Crippen LogP contribution in [0.2, 0.25) is 0 Å². The third kappa shape index (κ3) is 3.12. The molecule has 20 heavy (non-hydrogen) atoms. The summed E-state index contributed by atoms with van der Waals surface area (Å²) in [5.74, 6) is -0.348. The van der Waals surface area contributed by atoms with Crippen molar-refractivity contribution in [3.05, 3.63) is 10.6 Å². The normalized spacial score (nSPS) is 17.2. The van der Waals surface area contributed by atoms with Crippen LogP contribution < -0.4 is 4.90 Å². The van der Waals surface area contributed by atoms with Gasteiger partial charge >= 0.3 is 5.97 Å². The van der Waals surface area contributed by atoms with Crippen molar-refractivity contribution >= 4 is 22.4 Å². The van der Waals surface area contributed by atoms with Crippen molar-refractivity contribution in [2.45, 2.75) is 32.7 Å². The van der Waals surface area contributed by atoms with Crippen LogP contribution >= 0.6 is 11.3 Å². The van der Waals surface area contributed by atoms with Gasteiger partial charge in [-0.05, 0) is 26.3 Å². The molecular weight excluding hydrogens is 274 g/mol. The van der Waals surface area contributed by atoms with E-state index in [1.165, 1.54) is 7.11 Å². The molecule has 0 aliphatic carbocycles. The molecule has 0 aromatic carbocycles. The van der Waals surface area contributed by atoms with Crippen LogP contribution in [0.15, 0.2) is 0 Å². The van der Waals surface area contributed by atoms with Gasteiger partial charge in [0.25, 0.3) is 0 Å². The topological polar surface area (TPSA) is 45.7 Å². The van der Waals surface area contributed by atoms with Crippen molar-refractivity contribution in [3.63, 3.8) is 0 Å². The molecule has 0 amide bonds. The van der Waals surface area contributed by atoms with E-state index >= 15 is 0 Å². The van der Waals surface area contributed by atoms with E-state index in [1.54, 1.807) is 11.3 Å². The highest BCUT2D eigenvalue weighted by Crippen LogP contribution is 2.29. The number of likely N-dealkylation sites (tertiary alicyclic amines) is 1. The third-order valence-electron chi connectivity index (χ3n) is 4.02. The minimum atomic E-state index is -0.348. The Morgan fingerprint density at radius 1 is 1.50 bits per heavy atom. The van der Waals surface area contributed by atoms with Crippen molar-refractivity contribution < 1.29 is 9.53 Å². The lowest BCUT2D eigenvalue weighted by atomic mass is 10.0. The van der Waals surface area contributed by atoms with E-state index in [-0.39, 0.29) is 5.97 Å². The van der Waals surface area contributed by atoms with Gasteiger partial charge in [0.1, 0.15) is 0 Å². The molecule has 0 bridgehead atoms. The summed E-state index contributed by atoms with van der Waals surface area (Å²) < 4.78 is 4.76. The summed E-state index contributed by atoms with van der Waals surface area (Å²) in [4.78, 5) is 21.7. The lowest BCUT2D eigenvalue weighted by Gasteiger charge is -2.36. The average molecular weight is 297 g/mol. The monoisotopic (exact) mass is 297 g/mol. The van der Waals surface area contributed by atoms with Crippen LogP contribution in [0.5, 0.6) is 0 Å². The van der Waals surface area contributed by atoms with Crippen LogP contribution in [0, 0.1) is 6.92 Å². The first-order valence-corrected chi connectivity index (χ1v) is 7.89. The van der Waals surface area contributed by atoms with E-state index in [4.69, 9.17) is 4.74 Å². The molecule has 5 nitrogen and oxygen atoms in total.